The molecule has 0 fully saturated rings. The van der Waals surface area contributed by atoms with Gasteiger partial charge >= 0.3 is 0 Å². The Balaban J connectivity index is 1.32. The van der Waals surface area contributed by atoms with E-state index in [-0.39, 0.29) is 0 Å². The number of halogens is 2. The molecule has 50 heavy (non-hydrogen) atoms. The first kappa shape index (κ1) is 29.1. The fraction of sp³-hybridized carbons (Fsp3) is 0. The van der Waals surface area contributed by atoms with Gasteiger partial charge in [0, 0.05) is 38.7 Å². The van der Waals surface area contributed by atoms with Crippen LogP contribution < -0.4 is 0 Å². The van der Waals surface area contributed by atoms with Crippen LogP contribution in [0, 0.1) is 34.3 Å². The third-order valence-electron chi connectivity index (χ3n) is 9.47. The predicted octanol–water partition coefficient (Wildman–Crippen LogP) is 11.2. The zero-order chi connectivity index (χ0) is 33.9. The molecule has 0 N–H and O–H groups in total. The molecule has 0 saturated carbocycles. The molecule has 0 amide bonds. The predicted molar refractivity (Wildman–Crippen MR) is 195 cm³/mol. The van der Waals surface area contributed by atoms with E-state index in [4.69, 9.17) is 0 Å². The van der Waals surface area contributed by atoms with Gasteiger partial charge in [0.2, 0.25) is 0 Å². The van der Waals surface area contributed by atoms with E-state index >= 15 is 0 Å². The number of para-hydroxylation sites is 3. The van der Waals surface area contributed by atoms with Crippen LogP contribution in [0.15, 0.2) is 146 Å². The van der Waals surface area contributed by atoms with Crippen LogP contribution in [-0.4, -0.2) is 9.13 Å². The standard InChI is InChI=1S/C44H24F2N4/c45-31-21-30(22-32(46)24-31)37-20-28(26-48)14-17-43(37)50-41-12-6-3-9-35(41)38-23-29(15-18-44(38)50)36-19-27(25-47)13-16-42(36)49-39-10-4-1-7-33(39)34-8-2-5-11-40(34)49/h1-24H. The normalized spacial score (nSPS) is 11.4. The Hall–Kier alpha value is -7.02. The molecule has 0 radical (unpaired) electrons. The molecule has 0 spiro atoms. The van der Waals surface area contributed by atoms with Crippen LogP contribution in [0.1, 0.15) is 11.1 Å². The molecular weight excluding hydrogens is 623 g/mol. The van der Waals surface area contributed by atoms with Crippen molar-refractivity contribution in [3.8, 4) is 45.8 Å². The number of hydrogen-bond acceptors (Lipinski definition) is 2. The van der Waals surface area contributed by atoms with Crippen LogP contribution in [0.25, 0.3) is 77.2 Å². The molecule has 2 heterocycles. The van der Waals surface area contributed by atoms with Gasteiger partial charge in [-0.15, -0.1) is 0 Å². The lowest BCUT2D eigenvalue weighted by atomic mass is 9.98. The Morgan fingerprint density at radius 1 is 0.400 bits per heavy atom. The second kappa shape index (κ2) is 11.3. The molecule has 0 unspecified atom stereocenters. The first-order valence-corrected chi connectivity index (χ1v) is 16.1. The van der Waals surface area contributed by atoms with Crippen molar-refractivity contribution in [1.82, 2.24) is 9.13 Å². The number of fused-ring (bicyclic) bond motifs is 6. The van der Waals surface area contributed by atoms with Crippen molar-refractivity contribution in [1.29, 1.82) is 10.5 Å². The van der Waals surface area contributed by atoms with E-state index in [0.29, 0.717) is 27.9 Å². The van der Waals surface area contributed by atoms with Gasteiger partial charge in [0.1, 0.15) is 11.6 Å². The second-order valence-electron chi connectivity index (χ2n) is 12.3. The Labute approximate surface area is 285 Å². The van der Waals surface area contributed by atoms with Gasteiger partial charge in [-0.1, -0.05) is 60.7 Å². The van der Waals surface area contributed by atoms with Crippen molar-refractivity contribution in [2.45, 2.75) is 0 Å². The van der Waals surface area contributed by atoms with Crippen LogP contribution in [0.3, 0.4) is 0 Å². The lowest BCUT2D eigenvalue weighted by molar-refractivity contribution is 0.584. The molecule has 7 aromatic carbocycles. The van der Waals surface area contributed by atoms with Crippen molar-refractivity contribution in [3.05, 3.63) is 168 Å². The maximum Gasteiger partial charge on any atom is 0.126 e. The number of rotatable bonds is 4. The highest BCUT2D eigenvalue weighted by atomic mass is 19.1. The number of aromatic nitrogens is 2. The van der Waals surface area contributed by atoms with Crippen molar-refractivity contribution in [2.75, 3.05) is 0 Å². The fourth-order valence-electron chi connectivity index (χ4n) is 7.35. The first-order chi connectivity index (χ1) is 24.5. The lowest BCUT2D eigenvalue weighted by Gasteiger charge is -2.16. The van der Waals surface area contributed by atoms with Gasteiger partial charge in [-0.3, -0.25) is 0 Å². The molecule has 0 saturated heterocycles. The van der Waals surface area contributed by atoms with Gasteiger partial charge in [0.15, 0.2) is 0 Å². The largest absolute Gasteiger partial charge is 0.309 e. The quantitative estimate of drug-likeness (QED) is 0.191. The van der Waals surface area contributed by atoms with Gasteiger partial charge in [0.05, 0.1) is 56.7 Å². The zero-order valence-electron chi connectivity index (χ0n) is 26.4. The summed E-state index contributed by atoms with van der Waals surface area (Å²) in [6.07, 6.45) is 0. The van der Waals surface area contributed by atoms with Crippen molar-refractivity contribution < 1.29 is 8.78 Å². The van der Waals surface area contributed by atoms with E-state index in [0.717, 1.165) is 66.5 Å². The minimum absolute atomic E-state index is 0.335. The summed E-state index contributed by atoms with van der Waals surface area (Å²) in [6, 6.07) is 49.9. The Bertz CT molecular complexity index is 2860. The molecule has 0 aliphatic heterocycles. The molecule has 9 aromatic rings. The highest BCUT2D eigenvalue weighted by molar-refractivity contribution is 6.12. The van der Waals surface area contributed by atoms with Crippen LogP contribution >= 0.6 is 0 Å². The van der Waals surface area contributed by atoms with E-state index in [2.05, 4.69) is 63.7 Å². The van der Waals surface area contributed by atoms with E-state index in [9.17, 15) is 19.3 Å². The summed E-state index contributed by atoms with van der Waals surface area (Å²) in [5.74, 6) is -1.39. The summed E-state index contributed by atoms with van der Waals surface area (Å²) < 4.78 is 33.4. The summed E-state index contributed by atoms with van der Waals surface area (Å²) in [5, 5.41) is 24.0. The SMILES string of the molecule is N#Cc1ccc(-n2c3ccccc3c3ccccc32)c(-c2ccc3c(c2)c2ccccc2n3-c2ccc(C#N)cc2-c2cc(F)cc(F)c2)c1. The van der Waals surface area contributed by atoms with Crippen LogP contribution in [0.4, 0.5) is 8.78 Å². The molecule has 6 heteroatoms. The summed E-state index contributed by atoms with van der Waals surface area (Å²) >= 11 is 0. The van der Waals surface area contributed by atoms with Crippen molar-refractivity contribution in [3.63, 3.8) is 0 Å². The minimum atomic E-state index is -0.696. The topological polar surface area (TPSA) is 57.4 Å². The van der Waals surface area contributed by atoms with Crippen LogP contribution in [0.2, 0.25) is 0 Å². The average molecular weight is 647 g/mol. The monoisotopic (exact) mass is 646 g/mol. The number of hydrogen-bond donors (Lipinski definition) is 0. The lowest BCUT2D eigenvalue weighted by Crippen LogP contribution is -1.99. The number of nitrogens with zero attached hydrogens (tertiary/aromatic N) is 4. The maximum absolute atomic E-state index is 14.5. The summed E-state index contributed by atoms with van der Waals surface area (Å²) in [6.45, 7) is 0. The van der Waals surface area contributed by atoms with E-state index in [1.54, 1.807) is 12.1 Å². The molecule has 0 aliphatic rings. The average Bonchev–Trinajstić information content (AvgIpc) is 3.66. The molecular formula is C44H24F2N4. The molecule has 9 rings (SSSR count). The third kappa shape index (κ3) is 4.48. The molecule has 0 bridgehead atoms. The highest BCUT2D eigenvalue weighted by Crippen LogP contribution is 2.41. The molecule has 0 aliphatic carbocycles. The fourth-order valence-corrected chi connectivity index (χ4v) is 7.35. The summed E-state index contributed by atoms with van der Waals surface area (Å²) in [7, 11) is 0. The van der Waals surface area contributed by atoms with Gasteiger partial charge in [-0.2, -0.15) is 10.5 Å². The maximum atomic E-state index is 14.5. The Morgan fingerprint density at radius 2 is 0.840 bits per heavy atom. The highest BCUT2D eigenvalue weighted by Gasteiger charge is 2.20. The van der Waals surface area contributed by atoms with Gasteiger partial charge in [-0.25, -0.2) is 8.78 Å². The van der Waals surface area contributed by atoms with Gasteiger partial charge in [-0.05, 0) is 90.0 Å². The molecule has 0 atom stereocenters. The second-order valence-corrected chi connectivity index (χ2v) is 12.3. The van der Waals surface area contributed by atoms with Crippen LogP contribution in [0.5, 0.6) is 0 Å². The van der Waals surface area contributed by atoms with E-state index in [1.807, 2.05) is 72.8 Å². The zero-order valence-corrected chi connectivity index (χ0v) is 26.4. The molecule has 234 valence electrons. The third-order valence-corrected chi connectivity index (χ3v) is 9.47. The first-order valence-electron chi connectivity index (χ1n) is 16.1. The smallest absolute Gasteiger partial charge is 0.126 e. The molecule has 2 aromatic heterocycles. The van der Waals surface area contributed by atoms with Crippen molar-refractivity contribution >= 4 is 43.6 Å². The van der Waals surface area contributed by atoms with Gasteiger partial charge < -0.3 is 9.13 Å². The van der Waals surface area contributed by atoms with Gasteiger partial charge in [0.25, 0.3) is 0 Å². The number of benzene rings is 7. The summed E-state index contributed by atoms with van der Waals surface area (Å²) in [4.78, 5) is 0. The van der Waals surface area contributed by atoms with E-state index in [1.165, 1.54) is 12.1 Å². The summed E-state index contributed by atoms with van der Waals surface area (Å²) in [5.41, 5.74) is 9.19. The van der Waals surface area contributed by atoms with Crippen LogP contribution in [-0.2, 0) is 0 Å². The Kier molecular flexibility index (Phi) is 6.59. The Morgan fingerprint density at radius 3 is 1.34 bits per heavy atom. The molecule has 4 nitrogen and oxygen atoms in total. The van der Waals surface area contributed by atoms with Crippen molar-refractivity contribution in [2.24, 2.45) is 0 Å². The number of nitriles is 2. The van der Waals surface area contributed by atoms with E-state index < -0.39 is 11.6 Å². The minimum Gasteiger partial charge on any atom is -0.309 e.